The van der Waals surface area contributed by atoms with Crippen molar-refractivity contribution in [2.45, 2.75) is 24.4 Å². The lowest BCUT2D eigenvalue weighted by atomic mass is 9.72. The number of carboxylic acids is 1. The number of Topliss-reactive ketones (excluding diaryl/α,β-unsaturated/α-hetero) is 1. The number of benzene rings is 3. The number of carbonyl (C=O) groups excluding carboxylic acids is 2. The third-order valence-electron chi connectivity index (χ3n) is 7.92. The van der Waals surface area contributed by atoms with Gasteiger partial charge in [-0.2, -0.15) is 10.5 Å². The molecule has 2 N–H and O–H groups in total. The average molecular weight is 591 g/mol. The summed E-state index contributed by atoms with van der Waals surface area (Å²) in [6.45, 7) is 1.45. The number of methoxy groups -OCH3 is 1. The van der Waals surface area contributed by atoms with E-state index in [4.69, 9.17) is 4.74 Å². The molecule has 1 fully saturated rings. The number of nitrogens with one attached hydrogen (secondary N) is 1. The SMILES string of the molecule is COc1ccc(NC(=O)N2C(c3ccc(C#N)cc3)C(C(=O)c3cccs3)C(c3ccc(C#N)cc3)C2(C)C(=O)O)cc1. The summed E-state index contributed by atoms with van der Waals surface area (Å²) in [5.41, 5.74) is 0.236. The van der Waals surface area contributed by atoms with E-state index < -0.39 is 35.4 Å². The molecule has 3 aromatic carbocycles. The van der Waals surface area contributed by atoms with Crippen LogP contribution < -0.4 is 10.1 Å². The van der Waals surface area contributed by atoms with Crippen molar-refractivity contribution in [2.75, 3.05) is 12.4 Å². The molecule has 4 atom stereocenters. The molecule has 214 valence electrons. The van der Waals surface area contributed by atoms with E-state index in [1.807, 2.05) is 0 Å². The second-order valence-corrected chi connectivity index (χ2v) is 11.2. The molecule has 5 rings (SSSR count). The molecular formula is C33H26N4O5S. The smallest absolute Gasteiger partial charge is 0.330 e. The van der Waals surface area contributed by atoms with Crippen molar-refractivity contribution >= 4 is 34.8 Å². The number of carbonyl (C=O) groups is 3. The Hall–Kier alpha value is -5.45. The zero-order valence-corrected chi connectivity index (χ0v) is 24.0. The first-order chi connectivity index (χ1) is 20.7. The molecule has 1 saturated heterocycles. The lowest BCUT2D eigenvalue weighted by molar-refractivity contribution is -0.148. The summed E-state index contributed by atoms with van der Waals surface area (Å²) in [7, 11) is 1.52. The molecule has 1 aliphatic rings. The molecule has 10 heteroatoms. The third kappa shape index (κ3) is 5.21. The Balaban J connectivity index is 1.74. The van der Waals surface area contributed by atoms with Gasteiger partial charge in [-0.25, -0.2) is 9.59 Å². The van der Waals surface area contributed by atoms with E-state index in [9.17, 15) is 30.0 Å². The number of hydrogen-bond acceptors (Lipinski definition) is 7. The lowest BCUT2D eigenvalue weighted by Crippen LogP contribution is -2.55. The van der Waals surface area contributed by atoms with E-state index in [0.29, 0.717) is 38.6 Å². The van der Waals surface area contributed by atoms with Crippen LogP contribution in [0.3, 0.4) is 0 Å². The summed E-state index contributed by atoms with van der Waals surface area (Å²) in [5.74, 6) is -3.07. The molecule has 1 aromatic heterocycles. The topological polar surface area (TPSA) is 144 Å². The van der Waals surface area contributed by atoms with Gasteiger partial charge in [0.05, 0.1) is 47.2 Å². The van der Waals surface area contributed by atoms with E-state index >= 15 is 0 Å². The molecule has 43 heavy (non-hydrogen) atoms. The van der Waals surface area contributed by atoms with Crippen molar-refractivity contribution in [1.82, 2.24) is 4.90 Å². The van der Waals surface area contributed by atoms with Crippen LogP contribution in [0.4, 0.5) is 10.5 Å². The fourth-order valence-electron chi connectivity index (χ4n) is 5.85. The minimum atomic E-state index is -1.92. The van der Waals surface area contributed by atoms with Crippen molar-refractivity contribution in [3.05, 3.63) is 117 Å². The summed E-state index contributed by atoms with van der Waals surface area (Å²) < 4.78 is 5.21. The predicted octanol–water partition coefficient (Wildman–Crippen LogP) is 6.22. The maximum atomic E-state index is 14.4. The zero-order chi connectivity index (χ0) is 30.7. The number of ether oxygens (including phenoxy) is 1. The highest BCUT2D eigenvalue weighted by molar-refractivity contribution is 7.12. The number of urea groups is 1. The van der Waals surface area contributed by atoms with Crippen LogP contribution in [0.15, 0.2) is 90.3 Å². The molecule has 4 aromatic rings. The van der Waals surface area contributed by atoms with Crippen LogP contribution in [0, 0.1) is 28.6 Å². The Labute approximate surface area is 252 Å². The highest BCUT2D eigenvalue weighted by Crippen LogP contribution is 2.57. The third-order valence-corrected chi connectivity index (χ3v) is 8.81. The van der Waals surface area contributed by atoms with E-state index in [1.54, 1.807) is 90.3 Å². The first kappa shape index (κ1) is 29.1. The van der Waals surface area contributed by atoms with Crippen molar-refractivity contribution in [1.29, 1.82) is 10.5 Å². The van der Waals surface area contributed by atoms with Crippen LogP contribution in [0.5, 0.6) is 5.75 Å². The van der Waals surface area contributed by atoms with Gasteiger partial charge in [0.25, 0.3) is 0 Å². The van der Waals surface area contributed by atoms with Crippen LogP contribution in [-0.4, -0.2) is 40.4 Å². The first-order valence-corrected chi connectivity index (χ1v) is 14.2. The number of carboxylic acid groups (broad SMARTS) is 1. The molecule has 1 aliphatic heterocycles. The van der Waals surface area contributed by atoms with Crippen molar-refractivity contribution in [3.8, 4) is 17.9 Å². The highest BCUT2D eigenvalue weighted by Gasteiger charge is 2.65. The molecule has 0 radical (unpaired) electrons. The van der Waals surface area contributed by atoms with Crippen molar-refractivity contribution in [2.24, 2.45) is 5.92 Å². The van der Waals surface area contributed by atoms with Gasteiger partial charge in [0.15, 0.2) is 5.78 Å². The number of anilines is 1. The minimum absolute atomic E-state index is 0.314. The van der Waals surface area contributed by atoms with Gasteiger partial charge in [-0.15, -0.1) is 11.3 Å². The van der Waals surface area contributed by atoms with E-state index in [-0.39, 0.29) is 5.78 Å². The van der Waals surface area contributed by atoms with Crippen LogP contribution in [0.2, 0.25) is 0 Å². The Morgan fingerprint density at radius 3 is 1.98 bits per heavy atom. The molecule has 0 saturated carbocycles. The van der Waals surface area contributed by atoms with Crippen molar-refractivity contribution in [3.63, 3.8) is 0 Å². The summed E-state index contributed by atoms with van der Waals surface area (Å²) in [6.07, 6.45) is 0. The normalized spacial score (nSPS) is 20.9. The minimum Gasteiger partial charge on any atom is -0.497 e. The standard InChI is InChI=1S/C33H26N4O5S/c1-33(31(39)40)28(22-9-5-20(18-34)6-10-22)27(30(38)26-4-3-17-43-26)29(23-11-7-21(19-35)8-12-23)37(33)32(41)36-24-13-15-25(42-2)16-14-24/h3-17,27-29H,1-2H3,(H,36,41)(H,39,40). The molecule has 4 unspecified atom stereocenters. The fraction of sp³-hybridized carbons (Fsp3) is 0.182. The summed E-state index contributed by atoms with van der Waals surface area (Å²) in [4.78, 5) is 43.6. The van der Waals surface area contributed by atoms with Crippen LogP contribution in [0.25, 0.3) is 0 Å². The number of rotatable bonds is 7. The number of nitriles is 2. The van der Waals surface area contributed by atoms with E-state index in [0.717, 1.165) is 0 Å². The van der Waals surface area contributed by atoms with Crippen LogP contribution in [0.1, 0.15) is 50.8 Å². The summed E-state index contributed by atoms with van der Waals surface area (Å²) in [6, 6.07) is 25.3. The summed E-state index contributed by atoms with van der Waals surface area (Å²) >= 11 is 1.23. The maximum Gasteiger partial charge on any atom is 0.330 e. The average Bonchev–Trinajstić information content (AvgIpc) is 3.67. The van der Waals surface area contributed by atoms with Crippen molar-refractivity contribution < 1.29 is 24.2 Å². The molecule has 2 heterocycles. The van der Waals surface area contributed by atoms with E-state index in [2.05, 4.69) is 17.5 Å². The second-order valence-electron chi connectivity index (χ2n) is 10.2. The molecule has 0 bridgehead atoms. The number of thiophene rings is 1. The zero-order valence-electron chi connectivity index (χ0n) is 23.2. The first-order valence-electron chi connectivity index (χ1n) is 13.3. The van der Waals surface area contributed by atoms with Gasteiger partial charge in [0.1, 0.15) is 11.3 Å². The highest BCUT2D eigenvalue weighted by atomic mass is 32.1. The Kier molecular flexibility index (Phi) is 7.98. The Bertz CT molecular complexity index is 1740. The van der Waals surface area contributed by atoms with Gasteiger partial charge in [-0.1, -0.05) is 30.3 Å². The lowest BCUT2D eigenvalue weighted by Gasteiger charge is -2.37. The molecule has 9 nitrogen and oxygen atoms in total. The predicted molar refractivity (Wildman–Crippen MR) is 160 cm³/mol. The molecular weight excluding hydrogens is 564 g/mol. The number of nitrogens with zero attached hydrogens (tertiary/aromatic N) is 3. The number of likely N-dealkylation sites (tertiary alicyclic amines) is 1. The molecule has 0 aliphatic carbocycles. The van der Waals surface area contributed by atoms with E-state index in [1.165, 1.54) is 30.3 Å². The monoisotopic (exact) mass is 590 g/mol. The number of ketones is 1. The summed E-state index contributed by atoms with van der Waals surface area (Å²) in [5, 5.41) is 34.3. The van der Waals surface area contributed by atoms with Gasteiger partial charge in [0, 0.05) is 11.6 Å². The van der Waals surface area contributed by atoms with Gasteiger partial charge in [0.2, 0.25) is 0 Å². The number of aliphatic carboxylic acids is 1. The molecule has 0 spiro atoms. The van der Waals surface area contributed by atoms with Gasteiger partial charge >= 0.3 is 12.0 Å². The Morgan fingerprint density at radius 2 is 1.49 bits per heavy atom. The van der Waals surface area contributed by atoms with Gasteiger partial charge in [-0.3, -0.25) is 9.69 Å². The largest absolute Gasteiger partial charge is 0.497 e. The van der Waals surface area contributed by atoms with Crippen LogP contribution in [-0.2, 0) is 4.79 Å². The number of amides is 2. The number of hydrogen-bond donors (Lipinski definition) is 2. The van der Waals surface area contributed by atoms with Gasteiger partial charge in [-0.05, 0) is 78.0 Å². The Morgan fingerprint density at radius 1 is 0.907 bits per heavy atom. The maximum absolute atomic E-state index is 14.4. The fourth-order valence-corrected chi connectivity index (χ4v) is 6.56. The second kappa shape index (κ2) is 11.8. The van der Waals surface area contributed by atoms with Crippen LogP contribution >= 0.6 is 11.3 Å². The quantitative estimate of drug-likeness (QED) is 0.243. The molecule has 2 amide bonds. The van der Waals surface area contributed by atoms with Gasteiger partial charge < -0.3 is 15.2 Å².